The van der Waals surface area contributed by atoms with Gasteiger partial charge in [0.25, 0.3) is 5.91 Å². The van der Waals surface area contributed by atoms with E-state index in [4.69, 9.17) is 30.5 Å². The van der Waals surface area contributed by atoms with Crippen LogP contribution >= 0.6 is 11.6 Å². The van der Waals surface area contributed by atoms with Crippen LogP contribution in [-0.4, -0.2) is 94.3 Å². The smallest absolute Gasteiger partial charge is 0.260 e. The first kappa shape index (κ1) is 25.1. The quantitative estimate of drug-likeness (QED) is 0.527. The van der Waals surface area contributed by atoms with Crippen molar-refractivity contribution < 1.29 is 32.2 Å². The van der Waals surface area contributed by atoms with Crippen LogP contribution in [-0.2, 0) is 26.1 Å². The Bertz CT molecular complexity index is 1210. The maximum atomic E-state index is 13.2. The summed E-state index contributed by atoms with van der Waals surface area (Å²) in [6.45, 7) is 4.47. The van der Waals surface area contributed by atoms with Gasteiger partial charge in [0, 0.05) is 50.8 Å². The number of morpholine rings is 1. The number of carbonyl (C=O) groups is 1. The van der Waals surface area contributed by atoms with Crippen LogP contribution in [0.15, 0.2) is 41.3 Å². The summed E-state index contributed by atoms with van der Waals surface area (Å²) in [5.41, 5.74) is 1.12. The second-order valence-corrected chi connectivity index (χ2v) is 11.1. The van der Waals surface area contributed by atoms with Crippen molar-refractivity contribution >= 4 is 27.5 Å². The minimum Gasteiger partial charge on any atom is -0.482 e. The molecule has 0 aliphatic carbocycles. The first-order valence-corrected chi connectivity index (χ1v) is 13.6. The minimum atomic E-state index is -3.83. The molecule has 0 atom stereocenters. The molecule has 3 aliphatic rings. The van der Waals surface area contributed by atoms with Crippen LogP contribution in [0.25, 0.3) is 0 Å². The average Bonchev–Trinajstić information content (AvgIpc) is 3.37. The molecule has 0 unspecified atom stereocenters. The molecule has 0 bridgehead atoms. The molecule has 12 heteroatoms. The Morgan fingerprint density at radius 1 is 0.944 bits per heavy atom. The zero-order valence-electron chi connectivity index (χ0n) is 19.7. The second-order valence-electron chi connectivity index (χ2n) is 8.74. The molecule has 0 radical (unpaired) electrons. The lowest BCUT2D eigenvalue weighted by Gasteiger charge is -2.34. The number of piperazine rings is 1. The number of hydrogen-bond donors (Lipinski definition) is 0. The van der Waals surface area contributed by atoms with Crippen molar-refractivity contribution in [2.75, 3.05) is 65.9 Å². The topological polar surface area (TPSA) is 97.9 Å². The first-order chi connectivity index (χ1) is 17.4. The highest BCUT2D eigenvalue weighted by atomic mass is 35.5. The molecule has 3 heterocycles. The van der Waals surface area contributed by atoms with E-state index in [1.54, 1.807) is 11.0 Å². The lowest BCUT2D eigenvalue weighted by atomic mass is 10.1. The molecular weight excluding hydrogens is 510 g/mol. The van der Waals surface area contributed by atoms with Crippen molar-refractivity contribution in [3.05, 3.63) is 47.0 Å². The van der Waals surface area contributed by atoms with Gasteiger partial charge in [-0.15, -0.1) is 0 Å². The molecule has 0 N–H and O–H groups in total. The lowest BCUT2D eigenvalue weighted by Crippen LogP contribution is -2.49. The van der Waals surface area contributed by atoms with Crippen LogP contribution < -0.4 is 14.2 Å². The van der Waals surface area contributed by atoms with E-state index >= 15 is 0 Å². The highest BCUT2D eigenvalue weighted by Crippen LogP contribution is 2.33. The molecule has 1 amide bonds. The van der Waals surface area contributed by atoms with Crippen LogP contribution in [0, 0.1) is 0 Å². The van der Waals surface area contributed by atoms with Crippen LogP contribution in [0.4, 0.5) is 0 Å². The van der Waals surface area contributed by atoms with Crippen molar-refractivity contribution in [1.29, 1.82) is 0 Å². The maximum Gasteiger partial charge on any atom is 0.260 e. The lowest BCUT2D eigenvalue weighted by molar-refractivity contribution is -0.135. The van der Waals surface area contributed by atoms with Gasteiger partial charge < -0.3 is 23.8 Å². The number of nitrogens with zero attached hydrogens (tertiary/aromatic N) is 3. The predicted octanol–water partition coefficient (Wildman–Crippen LogP) is 1.81. The van der Waals surface area contributed by atoms with Gasteiger partial charge in [-0.1, -0.05) is 17.7 Å². The van der Waals surface area contributed by atoms with Crippen LogP contribution in [0.3, 0.4) is 0 Å². The Balaban J connectivity index is 1.16. The third kappa shape index (κ3) is 5.55. The van der Waals surface area contributed by atoms with Gasteiger partial charge in [0.2, 0.25) is 16.8 Å². The van der Waals surface area contributed by atoms with Crippen LogP contribution in [0.5, 0.6) is 17.2 Å². The van der Waals surface area contributed by atoms with E-state index in [-0.39, 0.29) is 48.1 Å². The molecule has 0 saturated carbocycles. The van der Waals surface area contributed by atoms with Gasteiger partial charge in [-0.25, -0.2) is 8.42 Å². The molecule has 0 aromatic heterocycles. The average molecular weight is 538 g/mol. The maximum absolute atomic E-state index is 13.2. The van der Waals surface area contributed by atoms with E-state index in [1.807, 2.05) is 18.2 Å². The van der Waals surface area contributed by atoms with Crippen molar-refractivity contribution in [2.24, 2.45) is 0 Å². The van der Waals surface area contributed by atoms with E-state index in [2.05, 4.69) is 4.90 Å². The minimum absolute atomic E-state index is 0.0433. The highest BCUT2D eigenvalue weighted by Gasteiger charge is 2.30. The van der Waals surface area contributed by atoms with Gasteiger partial charge in [0.05, 0.1) is 13.2 Å². The standard InChI is InChI=1S/C24H28ClN3O7S/c25-19-2-4-21(23(14-19)36(30,31)28-9-11-32-12-10-28)33-16-24(29)27-7-5-26(6-8-27)15-18-1-3-20-22(13-18)35-17-34-20/h1-4,13-14H,5-12,15-17H2. The Morgan fingerprint density at radius 3 is 2.47 bits per heavy atom. The van der Waals surface area contributed by atoms with Gasteiger partial charge in [0.15, 0.2) is 18.1 Å². The number of ether oxygens (including phenoxy) is 4. The molecule has 0 spiro atoms. The number of amides is 1. The molecule has 3 aliphatic heterocycles. The molecule has 2 saturated heterocycles. The van der Waals surface area contributed by atoms with E-state index in [0.29, 0.717) is 26.3 Å². The van der Waals surface area contributed by atoms with E-state index in [1.165, 1.54) is 16.4 Å². The third-order valence-electron chi connectivity index (χ3n) is 6.41. The fraction of sp³-hybridized carbons (Fsp3) is 0.458. The van der Waals surface area contributed by atoms with E-state index in [0.717, 1.165) is 36.7 Å². The summed E-state index contributed by atoms with van der Waals surface area (Å²) in [5, 5.41) is 0.277. The Labute approximate surface area is 215 Å². The summed E-state index contributed by atoms with van der Waals surface area (Å²) in [4.78, 5) is 16.8. The molecule has 36 heavy (non-hydrogen) atoms. The molecule has 10 nitrogen and oxygen atoms in total. The number of benzene rings is 2. The van der Waals surface area contributed by atoms with Gasteiger partial charge in [0.1, 0.15) is 10.6 Å². The fourth-order valence-corrected chi connectivity index (χ4v) is 6.21. The van der Waals surface area contributed by atoms with Gasteiger partial charge in [-0.2, -0.15) is 4.31 Å². The molecule has 2 fully saturated rings. The van der Waals surface area contributed by atoms with Gasteiger partial charge in [-0.05, 0) is 35.9 Å². The van der Waals surface area contributed by atoms with Crippen molar-refractivity contribution in [2.45, 2.75) is 11.4 Å². The van der Waals surface area contributed by atoms with Crippen molar-refractivity contribution in [3.63, 3.8) is 0 Å². The van der Waals surface area contributed by atoms with Crippen LogP contribution in [0.1, 0.15) is 5.56 Å². The number of halogens is 1. The Hall–Kier alpha value is -2.57. The van der Waals surface area contributed by atoms with Gasteiger partial charge in [-0.3, -0.25) is 9.69 Å². The second kappa shape index (κ2) is 10.8. The normalized spacial score (nSPS) is 18.9. The number of carbonyl (C=O) groups excluding carboxylic acids is 1. The predicted molar refractivity (Wildman–Crippen MR) is 131 cm³/mol. The summed E-state index contributed by atoms with van der Waals surface area (Å²) < 4.78 is 49.5. The molecular formula is C24H28ClN3O7S. The van der Waals surface area contributed by atoms with E-state index in [9.17, 15) is 13.2 Å². The van der Waals surface area contributed by atoms with Crippen LogP contribution in [0.2, 0.25) is 5.02 Å². The Morgan fingerprint density at radius 2 is 1.69 bits per heavy atom. The number of sulfonamides is 1. The molecule has 2 aromatic rings. The fourth-order valence-electron chi connectivity index (χ4n) is 4.41. The zero-order chi connectivity index (χ0) is 25.1. The SMILES string of the molecule is O=C(COc1ccc(Cl)cc1S(=O)(=O)N1CCOCC1)N1CCN(Cc2ccc3c(c2)OCO3)CC1. The molecule has 5 rings (SSSR count). The molecule has 2 aromatic carbocycles. The Kier molecular flexibility index (Phi) is 7.54. The summed E-state index contributed by atoms with van der Waals surface area (Å²) in [7, 11) is -3.83. The number of rotatable bonds is 7. The summed E-state index contributed by atoms with van der Waals surface area (Å²) in [6, 6.07) is 10.3. The zero-order valence-corrected chi connectivity index (χ0v) is 21.3. The summed E-state index contributed by atoms with van der Waals surface area (Å²) in [6.07, 6.45) is 0. The molecule has 194 valence electrons. The number of hydrogen-bond acceptors (Lipinski definition) is 8. The monoisotopic (exact) mass is 537 g/mol. The van der Waals surface area contributed by atoms with Crippen molar-refractivity contribution in [1.82, 2.24) is 14.1 Å². The number of fused-ring (bicyclic) bond motifs is 1. The first-order valence-electron chi connectivity index (χ1n) is 11.8. The highest BCUT2D eigenvalue weighted by molar-refractivity contribution is 7.89. The van der Waals surface area contributed by atoms with Crippen molar-refractivity contribution in [3.8, 4) is 17.2 Å². The van der Waals surface area contributed by atoms with E-state index < -0.39 is 10.0 Å². The third-order valence-corrected chi connectivity index (χ3v) is 8.57. The summed E-state index contributed by atoms with van der Waals surface area (Å²) >= 11 is 6.09. The largest absolute Gasteiger partial charge is 0.482 e. The van der Waals surface area contributed by atoms with Gasteiger partial charge >= 0.3 is 0 Å². The summed E-state index contributed by atoms with van der Waals surface area (Å²) in [5.74, 6) is 1.44.